The number of ether oxygens (including phenoxy) is 1. The van der Waals surface area contributed by atoms with Crippen molar-refractivity contribution in [3.05, 3.63) is 82.3 Å². The Balaban J connectivity index is 4.30. The van der Waals surface area contributed by atoms with Gasteiger partial charge < -0.3 is 36.9 Å². The molecular formula is C62H116BBrO9Si5. The average Bonchev–Trinajstić information content (AvgIpc) is 3.22. The number of carbonyl (C=O) groups excluding carboxylic acids is 1. The molecule has 16 heteroatoms. The van der Waals surface area contributed by atoms with Crippen LogP contribution in [0.1, 0.15) is 187 Å². The number of halogens is 1. The molecule has 0 heterocycles. The summed E-state index contributed by atoms with van der Waals surface area (Å²) in [6.07, 6.45) is 15.3. The normalized spacial score (nSPS) is 16.6. The largest absolute Gasteiger partial charge is 0.542 e. The van der Waals surface area contributed by atoms with Gasteiger partial charge in [0.1, 0.15) is 17.4 Å². The van der Waals surface area contributed by atoms with Crippen molar-refractivity contribution in [1.29, 1.82) is 0 Å². The van der Waals surface area contributed by atoms with E-state index >= 15 is 4.79 Å². The number of rotatable bonds is 30. The van der Waals surface area contributed by atoms with E-state index in [1.165, 1.54) is 5.98 Å². The molecule has 0 spiro atoms. The summed E-state index contributed by atoms with van der Waals surface area (Å²) in [6, 6.07) is 5.91. The molecule has 9 nitrogen and oxygen atoms in total. The van der Waals surface area contributed by atoms with Crippen LogP contribution in [-0.2, 0) is 22.4 Å². The number of benzene rings is 1. The van der Waals surface area contributed by atoms with Gasteiger partial charge in [-0.15, -0.1) is 0 Å². The zero-order valence-electron chi connectivity index (χ0n) is 54.8. The number of hydrogen-bond acceptors (Lipinski definition) is 9. The van der Waals surface area contributed by atoms with Crippen LogP contribution in [0.25, 0.3) is 6.08 Å². The van der Waals surface area contributed by atoms with Crippen LogP contribution in [0.4, 0.5) is 0 Å². The molecule has 0 saturated heterocycles. The molecule has 0 bridgehead atoms. The molecule has 1 aromatic rings. The third kappa shape index (κ3) is 23.0. The van der Waals surface area contributed by atoms with E-state index in [0.717, 1.165) is 11.1 Å². The van der Waals surface area contributed by atoms with Gasteiger partial charge in [-0.3, -0.25) is 0 Å². The van der Waals surface area contributed by atoms with Crippen molar-refractivity contribution in [3.8, 4) is 5.75 Å². The monoisotopic (exact) mass is 1230 g/mol. The van der Waals surface area contributed by atoms with Crippen molar-refractivity contribution in [2.24, 2.45) is 0 Å². The van der Waals surface area contributed by atoms with Crippen molar-refractivity contribution in [2.75, 3.05) is 0 Å². The molecule has 0 aliphatic rings. The molecule has 0 fully saturated rings. The van der Waals surface area contributed by atoms with Gasteiger partial charge in [0.15, 0.2) is 33.3 Å². The molecule has 0 radical (unpaired) electrons. The lowest BCUT2D eigenvalue weighted by molar-refractivity contribution is 0.00259. The summed E-state index contributed by atoms with van der Waals surface area (Å²) in [7, 11) is -13.2. The van der Waals surface area contributed by atoms with Crippen LogP contribution in [0.5, 0.6) is 5.75 Å². The van der Waals surface area contributed by atoms with Crippen molar-refractivity contribution < 1.29 is 41.7 Å². The fourth-order valence-corrected chi connectivity index (χ4v) is 20.1. The van der Waals surface area contributed by atoms with Crippen molar-refractivity contribution in [3.63, 3.8) is 0 Å². The van der Waals surface area contributed by atoms with E-state index in [1.54, 1.807) is 11.1 Å². The van der Waals surface area contributed by atoms with E-state index in [9.17, 15) is 10.0 Å². The minimum atomic E-state index is -2.51. The van der Waals surface area contributed by atoms with E-state index < -0.39 is 60.8 Å². The van der Waals surface area contributed by atoms with Crippen LogP contribution in [-0.4, -0.2) is 95.2 Å². The second kappa shape index (κ2) is 30.4. The van der Waals surface area contributed by atoms with E-state index in [-0.39, 0.29) is 44.6 Å². The third-order valence-electron chi connectivity index (χ3n) is 17.7. The molecule has 0 unspecified atom stereocenters. The first-order valence-corrected chi connectivity index (χ1v) is 43.9. The summed E-state index contributed by atoms with van der Waals surface area (Å²) < 4.78 is 43.5. The minimum absolute atomic E-state index is 0.0137. The average molecular weight is 1240 g/mol. The van der Waals surface area contributed by atoms with Gasteiger partial charge in [0.05, 0.1) is 18.3 Å². The number of esters is 1. The Bertz CT molecular complexity index is 2130. The Kier molecular flexibility index (Phi) is 29.1. The van der Waals surface area contributed by atoms with Gasteiger partial charge in [0.2, 0.25) is 0 Å². The minimum Gasteiger partial charge on any atom is -0.542 e. The predicted molar refractivity (Wildman–Crippen MR) is 354 cm³/mol. The Morgan fingerprint density at radius 1 is 0.628 bits per heavy atom. The van der Waals surface area contributed by atoms with Crippen LogP contribution in [0.3, 0.4) is 0 Å². The highest BCUT2D eigenvalue weighted by Crippen LogP contribution is 2.46. The lowest BCUT2D eigenvalue weighted by atomic mass is 9.91. The number of carbonyl (C=O) groups is 1. The second-order valence-corrected chi connectivity index (χ2v) is 54.3. The quantitative estimate of drug-likeness (QED) is 0.0336. The lowest BCUT2D eigenvalue weighted by Crippen LogP contribution is -2.51. The zero-order chi connectivity index (χ0) is 60.8. The third-order valence-corrected chi connectivity index (χ3v) is 42.1. The highest BCUT2D eigenvalue weighted by molar-refractivity contribution is 9.11. The summed E-state index contributed by atoms with van der Waals surface area (Å²) in [4.78, 5) is 17.2. The molecule has 5 atom stereocenters. The van der Waals surface area contributed by atoms with E-state index in [2.05, 4.69) is 219 Å². The van der Waals surface area contributed by atoms with E-state index in [4.69, 9.17) is 26.9 Å². The smallest absolute Gasteiger partial charge is 0.480 e. The van der Waals surface area contributed by atoms with E-state index in [1.807, 2.05) is 42.5 Å². The van der Waals surface area contributed by atoms with Gasteiger partial charge in [-0.1, -0.05) is 207 Å². The molecular weight excluding hydrogens is 1120 g/mol. The summed E-state index contributed by atoms with van der Waals surface area (Å²) in [5.74, 6) is 1.52. The molecule has 78 heavy (non-hydrogen) atoms. The molecule has 0 saturated carbocycles. The Morgan fingerprint density at radius 2 is 1.10 bits per heavy atom. The van der Waals surface area contributed by atoms with Crippen LogP contribution in [0, 0.1) is 0 Å². The first kappa shape index (κ1) is 74.6. The molecule has 0 amide bonds. The highest BCUT2D eigenvalue weighted by atomic mass is 79.9. The maximum absolute atomic E-state index is 15.4. The maximum Gasteiger partial charge on any atom is 0.480 e. The molecule has 0 aromatic heterocycles. The van der Waals surface area contributed by atoms with Gasteiger partial charge in [-0.2, -0.15) is 0 Å². The molecule has 0 aliphatic carbocycles. The Morgan fingerprint density at radius 3 is 1.56 bits per heavy atom. The number of hydrogen-bond donors (Lipinski definition) is 2. The first-order chi connectivity index (χ1) is 35.2. The van der Waals surface area contributed by atoms with Gasteiger partial charge in [0.25, 0.3) is 8.32 Å². The fourth-order valence-electron chi connectivity index (χ4n) is 9.19. The number of allylic oxidation sites excluding steroid dienone is 4. The molecule has 1 aromatic carbocycles. The topological polar surface area (TPSA) is 113 Å². The fraction of sp³-hybridized carbons (Fsp3) is 0.726. The highest BCUT2D eigenvalue weighted by Gasteiger charge is 2.48. The lowest BCUT2D eigenvalue weighted by Gasteiger charge is -2.42. The standard InChI is InChI=1S/C62H116BBrO9Si5/c1-46(2)78(47(3)4,48(5)6)73-56-39-31-36-51(35-29-30-41-64)57(56)58(65)68-54(43-50(8)69-74(21,22)59(9,10)11)44-52(70-75(23,24)60(12,13)14)37-32-38-53(71-76(25,26)61(15,16)17)45-55(72-77(27,28)62(18,19)20)42-49(7)34-33-40-63(66)67/h29-36,38-41,46-48,50,52-55,66-67H,37,42-45H2,1-28H3/b35-29+,38-32+,40-33+,41-30+,49-34+/t50-,52+,53-,54+,55+/m1/s1. The molecule has 448 valence electrons. The molecule has 0 aliphatic heterocycles. The van der Waals surface area contributed by atoms with Crippen molar-refractivity contribution in [1.82, 2.24) is 0 Å². The summed E-state index contributed by atoms with van der Waals surface area (Å²) >= 11 is 3.42. The zero-order valence-corrected chi connectivity index (χ0v) is 61.4. The van der Waals surface area contributed by atoms with Crippen LogP contribution >= 0.6 is 15.9 Å². The first-order valence-electron chi connectivity index (χ1n) is 29.2. The van der Waals surface area contributed by atoms with Gasteiger partial charge in [-0.25, -0.2) is 4.79 Å². The maximum atomic E-state index is 15.4. The summed E-state index contributed by atoms with van der Waals surface area (Å²) in [5, 5.41) is 18.9. The van der Waals surface area contributed by atoms with Crippen LogP contribution < -0.4 is 4.43 Å². The van der Waals surface area contributed by atoms with Crippen LogP contribution in [0.15, 0.2) is 71.2 Å². The SMILES string of the molecule is C/C(=C\C=C\B(O)O)C[C@@H](C[C@@H](/C=C/C[C@@H](C[C@H](C[C@@H](C)O[Si](C)(C)C(C)(C)C)OC(=O)c1c(/C=C/C=C/Br)cccc1O[Si](C(C)C)(C(C)C)C(C)C)O[Si](C)(C)C(C)(C)C)O[Si](C)(C)C(C)(C)C)O[Si](C)(C)C(C)(C)C. The van der Waals surface area contributed by atoms with Crippen molar-refractivity contribution >= 4 is 76.7 Å². The van der Waals surface area contributed by atoms with Gasteiger partial charge in [0, 0.05) is 25.4 Å². The summed E-state index contributed by atoms with van der Waals surface area (Å²) in [5.41, 5.74) is 3.12. The second-order valence-electron chi connectivity index (χ2n) is 29.3. The van der Waals surface area contributed by atoms with Crippen LogP contribution in [0.2, 0.25) is 89.2 Å². The van der Waals surface area contributed by atoms with Gasteiger partial charge >= 0.3 is 13.1 Å². The van der Waals surface area contributed by atoms with Gasteiger partial charge in [-0.05, 0) is 132 Å². The summed E-state index contributed by atoms with van der Waals surface area (Å²) in [6.45, 7) is 63.4. The van der Waals surface area contributed by atoms with E-state index in [0.29, 0.717) is 60.0 Å². The Labute approximate surface area is 493 Å². The molecule has 1 rings (SSSR count). The molecule has 2 N–H and O–H groups in total. The van der Waals surface area contributed by atoms with Crippen molar-refractivity contribution in [2.45, 2.75) is 290 Å². The Hall–Kier alpha value is -1.42. The predicted octanol–water partition coefficient (Wildman–Crippen LogP) is 19.3.